The molecule has 3 N–H and O–H groups in total. The Morgan fingerprint density at radius 2 is 1.74 bits per heavy atom. The molecule has 1 aromatic carbocycles. The van der Waals surface area contributed by atoms with Gasteiger partial charge in [0, 0.05) is 35.9 Å². The summed E-state index contributed by atoms with van der Waals surface area (Å²) in [6.07, 6.45) is 2.30. The minimum atomic E-state index is -0.0933. The lowest BCUT2D eigenvalue weighted by Gasteiger charge is -2.20. The molecule has 0 amide bonds. The van der Waals surface area contributed by atoms with E-state index in [0.29, 0.717) is 29.2 Å². The first-order chi connectivity index (χ1) is 13.0. The van der Waals surface area contributed by atoms with Gasteiger partial charge >= 0.3 is 0 Å². The number of anilines is 3. The number of aliphatic hydroxyl groups is 1. The molecule has 0 radical (unpaired) electrons. The second-order valence-electron chi connectivity index (χ2n) is 7.18. The van der Waals surface area contributed by atoms with Crippen molar-refractivity contribution >= 4 is 17.5 Å². The maximum atomic E-state index is 9.61. The van der Waals surface area contributed by atoms with E-state index in [0.717, 1.165) is 24.2 Å². The van der Waals surface area contributed by atoms with Gasteiger partial charge < -0.3 is 25.2 Å². The fourth-order valence-electron chi connectivity index (χ4n) is 2.80. The van der Waals surface area contributed by atoms with Gasteiger partial charge in [-0.1, -0.05) is 13.8 Å². The molecule has 1 heterocycles. The highest BCUT2D eigenvalue weighted by atomic mass is 16.5. The van der Waals surface area contributed by atoms with E-state index in [1.807, 2.05) is 24.3 Å². The molecule has 27 heavy (non-hydrogen) atoms. The van der Waals surface area contributed by atoms with Gasteiger partial charge in [-0.2, -0.15) is 4.98 Å². The summed E-state index contributed by atoms with van der Waals surface area (Å²) in [6, 6.07) is 7.49. The summed E-state index contributed by atoms with van der Waals surface area (Å²) < 4.78 is 10.7. The van der Waals surface area contributed by atoms with E-state index in [-0.39, 0.29) is 18.6 Å². The minimum absolute atomic E-state index is 0.0323. The first kappa shape index (κ1) is 19.2. The Balaban J connectivity index is 1.88. The number of nitrogens with one attached hydrogen (secondary N) is 2. The highest BCUT2D eigenvalue weighted by Crippen LogP contribution is 2.40. The van der Waals surface area contributed by atoms with Crippen molar-refractivity contribution in [2.75, 3.05) is 31.5 Å². The molecule has 7 heteroatoms. The van der Waals surface area contributed by atoms with Crippen molar-refractivity contribution in [1.82, 2.24) is 9.97 Å². The number of nitrogens with zero attached hydrogens (tertiary/aromatic N) is 2. The molecule has 146 valence electrons. The SMILES string of the molecule is COc1cc(Nc2cc(C3CC3)nc(N[C@@H](CO)C(C)C)n2)cc(OC)c1. The standard InChI is InChI=1S/C20H28N4O3/c1-12(2)18(11-25)23-20-22-17(13-5-6-13)10-19(24-20)21-14-7-15(26-3)9-16(8-14)27-4/h7-10,12-13,18,25H,5-6,11H2,1-4H3,(H2,21,22,23,24)/t18-/m0/s1. The Labute approximate surface area is 160 Å². The van der Waals surface area contributed by atoms with Crippen molar-refractivity contribution in [3.8, 4) is 11.5 Å². The molecule has 3 rings (SSSR count). The molecule has 1 atom stereocenters. The summed E-state index contributed by atoms with van der Waals surface area (Å²) in [5, 5.41) is 16.2. The van der Waals surface area contributed by atoms with Crippen LogP contribution in [-0.2, 0) is 0 Å². The molecular weight excluding hydrogens is 344 g/mol. The van der Waals surface area contributed by atoms with Crippen molar-refractivity contribution < 1.29 is 14.6 Å². The van der Waals surface area contributed by atoms with Crippen LogP contribution in [0.5, 0.6) is 11.5 Å². The third-order valence-electron chi connectivity index (χ3n) is 4.68. The number of ether oxygens (including phenoxy) is 2. The molecule has 1 aromatic heterocycles. The van der Waals surface area contributed by atoms with Crippen molar-refractivity contribution in [3.63, 3.8) is 0 Å². The topological polar surface area (TPSA) is 88.5 Å². The Bertz CT molecular complexity index is 756. The molecule has 0 spiro atoms. The van der Waals surface area contributed by atoms with Crippen LogP contribution in [0, 0.1) is 5.92 Å². The number of benzene rings is 1. The fourth-order valence-corrected chi connectivity index (χ4v) is 2.80. The second-order valence-corrected chi connectivity index (χ2v) is 7.18. The van der Waals surface area contributed by atoms with E-state index in [2.05, 4.69) is 34.4 Å². The van der Waals surface area contributed by atoms with Crippen molar-refractivity contribution in [1.29, 1.82) is 0 Å². The second kappa shape index (κ2) is 8.43. The highest BCUT2D eigenvalue weighted by Gasteiger charge is 2.26. The molecule has 1 saturated carbocycles. The highest BCUT2D eigenvalue weighted by molar-refractivity contribution is 5.62. The van der Waals surface area contributed by atoms with Crippen LogP contribution < -0.4 is 20.1 Å². The molecule has 0 saturated heterocycles. The molecule has 1 fully saturated rings. The van der Waals surface area contributed by atoms with E-state index < -0.39 is 0 Å². The van der Waals surface area contributed by atoms with Crippen molar-refractivity contribution in [3.05, 3.63) is 30.0 Å². The Morgan fingerprint density at radius 3 is 2.26 bits per heavy atom. The number of methoxy groups -OCH3 is 2. The quantitative estimate of drug-likeness (QED) is 0.620. The van der Waals surface area contributed by atoms with Crippen molar-refractivity contribution in [2.45, 2.75) is 38.6 Å². The number of aromatic nitrogens is 2. The van der Waals surface area contributed by atoms with Gasteiger partial charge in [0.15, 0.2) is 0 Å². The van der Waals surface area contributed by atoms with E-state index in [9.17, 15) is 5.11 Å². The zero-order chi connectivity index (χ0) is 19.4. The van der Waals surface area contributed by atoms with Crippen molar-refractivity contribution in [2.24, 2.45) is 5.92 Å². The molecular formula is C20H28N4O3. The maximum absolute atomic E-state index is 9.61. The van der Waals surface area contributed by atoms with E-state index in [1.165, 1.54) is 0 Å². The van der Waals surface area contributed by atoms with Gasteiger partial charge in [0.1, 0.15) is 17.3 Å². The summed E-state index contributed by atoms with van der Waals surface area (Å²) in [5.41, 5.74) is 1.84. The van der Waals surface area contributed by atoms with Crippen LogP contribution in [0.3, 0.4) is 0 Å². The number of hydrogen-bond donors (Lipinski definition) is 3. The third-order valence-corrected chi connectivity index (χ3v) is 4.68. The van der Waals surface area contributed by atoms with Crippen LogP contribution in [0.15, 0.2) is 24.3 Å². The molecule has 2 aromatic rings. The Hall–Kier alpha value is -2.54. The molecule has 7 nitrogen and oxygen atoms in total. The molecule has 1 aliphatic rings. The van der Waals surface area contributed by atoms with Gasteiger partial charge in [-0.25, -0.2) is 4.98 Å². The summed E-state index contributed by atoms with van der Waals surface area (Å²) in [5.74, 6) is 3.39. The summed E-state index contributed by atoms with van der Waals surface area (Å²) in [4.78, 5) is 9.25. The van der Waals surface area contributed by atoms with Gasteiger partial charge in [0.25, 0.3) is 0 Å². The summed E-state index contributed by atoms with van der Waals surface area (Å²) >= 11 is 0. The first-order valence-corrected chi connectivity index (χ1v) is 9.28. The van der Waals surface area contributed by atoms with Crippen LogP contribution in [0.2, 0.25) is 0 Å². The van der Waals surface area contributed by atoms with Gasteiger partial charge in [-0.3, -0.25) is 0 Å². The van der Waals surface area contributed by atoms with Crippen LogP contribution >= 0.6 is 0 Å². The maximum Gasteiger partial charge on any atom is 0.225 e. The van der Waals surface area contributed by atoms with Crippen LogP contribution in [-0.4, -0.2) is 41.9 Å². The monoisotopic (exact) mass is 372 g/mol. The van der Waals surface area contributed by atoms with Gasteiger partial charge in [-0.15, -0.1) is 0 Å². The normalized spacial score (nSPS) is 14.7. The van der Waals surface area contributed by atoms with Gasteiger partial charge in [-0.05, 0) is 18.8 Å². The molecule has 1 aliphatic carbocycles. The van der Waals surface area contributed by atoms with Crippen LogP contribution in [0.4, 0.5) is 17.5 Å². The van der Waals surface area contributed by atoms with E-state index in [1.54, 1.807) is 14.2 Å². The van der Waals surface area contributed by atoms with Gasteiger partial charge in [0.2, 0.25) is 5.95 Å². The predicted octanol–water partition coefficient (Wildman–Crippen LogP) is 3.54. The first-order valence-electron chi connectivity index (χ1n) is 9.28. The Kier molecular flexibility index (Phi) is 6.01. The summed E-state index contributed by atoms with van der Waals surface area (Å²) in [6.45, 7) is 4.14. The number of hydrogen-bond acceptors (Lipinski definition) is 7. The lowest BCUT2D eigenvalue weighted by Crippen LogP contribution is -2.30. The largest absolute Gasteiger partial charge is 0.497 e. The summed E-state index contributed by atoms with van der Waals surface area (Å²) in [7, 11) is 3.24. The van der Waals surface area contributed by atoms with E-state index >= 15 is 0 Å². The smallest absolute Gasteiger partial charge is 0.225 e. The zero-order valence-electron chi connectivity index (χ0n) is 16.3. The average Bonchev–Trinajstić information content (AvgIpc) is 3.50. The predicted molar refractivity (Wildman–Crippen MR) is 106 cm³/mol. The zero-order valence-corrected chi connectivity index (χ0v) is 16.3. The Morgan fingerprint density at radius 1 is 1.07 bits per heavy atom. The third kappa shape index (κ3) is 5.01. The number of rotatable bonds is 9. The lowest BCUT2D eigenvalue weighted by atomic mass is 10.1. The fraction of sp³-hybridized carbons (Fsp3) is 0.500. The molecule has 0 unspecified atom stereocenters. The van der Waals surface area contributed by atoms with Gasteiger partial charge in [0.05, 0.1) is 32.6 Å². The minimum Gasteiger partial charge on any atom is -0.497 e. The van der Waals surface area contributed by atoms with Crippen LogP contribution in [0.1, 0.15) is 38.3 Å². The molecule has 0 bridgehead atoms. The lowest BCUT2D eigenvalue weighted by molar-refractivity contribution is 0.248. The van der Waals surface area contributed by atoms with Crippen LogP contribution in [0.25, 0.3) is 0 Å². The molecule has 0 aliphatic heterocycles. The number of aliphatic hydroxyl groups excluding tert-OH is 1. The van der Waals surface area contributed by atoms with E-state index in [4.69, 9.17) is 9.47 Å². The average molecular weight is 372 g/mol.